The van der Waals surface area contributed by atoms with Crippen LogP contribution in [0.1, 0.15) is 21.8 Å². The molecule has 2 amide bonds. The van der Waals surface area contributed by atoms with Crippen molar-refractivity contribution in [1.82, 2.24) is 15.8 Å². The number of amides is 2. The number of carbonyl (C=O) groups excluding carboxylic acids is 2. The summed E-state index contributed by atoms with van der Waals surface area (Å²) in [5.74, 6) is -3.01. The number of aryl methyl sites for hydroxylation is 1. The third-order valence-corrected chi connectivity index (χ3v) is 3.46. The monoisotopic (exact) mass is 362 g/mol. The molecule has 1 aromatic carbocycles. The topological polar surface area (TPSA) is 113 Å². The van der Waals surface area contributed by atoms with Crippen molar-refractivity contribution in [3.63, 3.8) is 0 Å². The summed E-state index contributed by atoms with van der Waals surface area (Å²) >= 11 is 0. The molecule has 3 rings (SSSR count). The SMILES string of the molecule is Cc1cc(CNC(=O)C2=N[NH2+]C=C2NC(=O)c2c(F)cccc2F)no1. The summed E-state index contributed by atoms with van der Waals surface area (Å²) < 4.78 is 32.3. The fourth-order valence-electron chi connectivity index (χ4n) is 2.27. The molecule has 1 aliphatic rings. The fraction of sp³-hybridized carbons (Fsp3) is 0.125. The molecule has 0 saturated carbocycles. The van der Waals surface area contributed by atoms with E-state index in [2.05, 4.69) is 20.9 Å². The summed E-state index contributed by atoms with van der Waals surface area (Å²) in [7, 11) is 0. The molecule has 0 radical (unpaired) electrons. The number of hydrogen-bond acceptors (Lipinski definition) is 5. The van der Waals surface area contributed by atoms with E-state index in [0.29, 0.717) is 11.5 Å². The quantitative estimate of drug-likeness (QED) is 0.654. The lowest BCUT2D eigenvalue weighted by molar-refractivity contribution is -0.590. The van der Waals surface area contributed by atoms with Crippen LogP contribution in [0.2, 0.25) is 0 Å². The highest BCUT2D eigenvalue weighted by molar-refractivity contribution is 6.45. The molecular formula is C16H14F2N5O3+. The minimum Gasteiger partial charge on any atom is -0.361 e. The second kappa shape index (κ2) is 7.23. The lowest BCUT2D eigenvalue weighted by Crippen LogP contribution is -2.69. The van der Waals surface area contributed by atoms with Crippen LogP contribution in [0.4, 0.5) is 8.78 Å². The minimum absolute atomic E-state index is 0.0338. The van der Waals surface area contributed by atoms with Gasteiger partial charge in [0.2, 0.25) is 5.71 Å². The Morgan fingerprint density at radius 2 is 1.96 bits per heavy atom. The van der Waals surface area contributed by atoms with E-state index in [0.717, 1.165) is 18.2 Å². The van der Waals surface area contributed by atoms with Crippen molar-refractivity contribution in [2.75, 3.05) is 0 Å². The van der Waals surface area contributed by atoms with Gasteiger partial charge in [-0.3, -0.25) is 9.59 Å². The second-order valence-corrected chi connectivity index (χ2v) is 5.37. The Hall–Kier alpha value is -3.40. The lowest BCUT2D eigenvalue weighted by Gasteiger charge is -2.08. The van der Waals surface area contributed by atoms with Crippen LogP contribution in [0.15, 0.2) is 45.8 Å². The first kappa shape index (κ1) is 17.4. The number of nitrogens with zero attached hydrogens (tertiary/aromatic N) is 2. The van der Waals surface area contributed by atoms with Gasteiger partial charge in [-0.15, -0.1) is 0 Å². The molecule has 0 atom stereocenters. The zero-order chi connectivity index (χ0) is 18.7. The first-order chi connectivity index (χ1) is 12.5. The molecular weight excluding hydrogens is 348 g/mol. The van der Waals surface area contributed by atoms with Crippen LogP contribution in [-0.4, -0.2) is 22.7 Å². The van der Waals surface area contributed by atoms with E-state index < -0.39 is 29.0 Å². The van der Waals surface area contributed by atoms with E-state index in [1.807, 2.05) is 0 Å². The van der Waals surface area contributed by atoms with Crippen LogP contribution >= 0.6 is 0 Å². The number of hydrogen-bond donors (Lipinski definition) is 3. The van der Waals surface area contributed by atoms with Crippen LogP contribution in [0.3, 0.4) is 0 Å². The molecule has 0 aliphatic carbocycles. The van der Waals surface area contributed by atoms with Crippen molar-refractivity contribution < 1.29 is 28.3 Å². The van der Waals surface area contributed by atoms with Crippen molar-refractivity contribution in [2.24, 2.45) is 5.10 Å². The van der Waals surface area contributed by atoms with E-state index in [1.54, 1.807) is 13.0 Å². The number of nitrogens with two attached hydrogens (primary N) is 1. The van der Waals surface area contributed by atoms with E-state index >= 15 is 0 Å². The standard InChI is InChI=1S/C16H13F2N5O3/c1-8-5-9(23-26-8)6-19-16(25)14-12(7-20-22-14)21-15(24)13-10(17)3-2-4-11(13)18/h2-5,7H,6H2,1H3,(H,19,25)(H,20,22)(H,21,24)/p+1. The molecule has 26 heavy (non-hydrogen) atoms. The predicted molar refractivity (Wildman–Crippen MR) is 84.4 cm³/mol. The van der Waals surface area contributed by atoms with Crippen LogP contribution in [0.25, 0.3) is 0 Å². The largest absolute Gasteiger partial charge is 0.361 e. The molecule has 0 fully saturated rings. The van der Waals surface area contributed by atoms with Crippen LogP contribution in [0.5, 0.6) is 0 Å². The number of quaternary nitrogens is 1. The van der Waals surface area contributed by atoms with Crippen LogP contribution in [-0.2, 0) is 11.3 Å². The summed E-state index contributed by atoms with van der Waals surface area (Å²) in [5.41, 5.74) is 1.02. The molecule has 0 bridgehead atoms. The van der Waals surface area contributed by atoms with Crippen LogP contribution in [0, 0.1) is 18.6 Å². The summed E-state index contributed by atoms with van der Waals surface area (Å²) in [6.07, 6.45) is 1.35. The predicted octanol–water partition coefficient (Wildman–Crippen LogP) is 0.0818. The number of aromatic nitrogens is 1. The van der Waals surface area contributed by atoms with Gasteiger partial charge in [-0.25, -0.2) is 8.78 Å². The zero-order valence-electron chi connectivity index (χ0n) is 13.5. The van der Waals surface area contributed by atoms with E-state index in [4.69, 9.17) is 4.52 Å². The number of carbonyl (C=O) groups is 2. The van der Waals surface area contributed by atoms with Gasteiger partial charge >= 0.3 is 0 Å². The molecule has 2 aromatic rings. The Bertz CT molecular complexity index is 915. The highest BCUT2D eigenvalue weighted by atomic mass is 19.1. The van der Waals surface area contributed by atoms with Crippen molar-refractivity contribution >= 4 is 17.5 Å². The van der Waals surface area contributed by atoms with Gasteiger partial charge in [0.1, 0.15) is 40.5 Å². The lowest BCUT2D eigenvalue weighted by atomic mass is 10.1. The summed E-state index contributed by atoms with van der Waals surface area (Å²) in [6.45, 7) is 1.81. The van der Waals surface area contributed by atoms with Crippen molar-refractivity contribution in [3.05, 3.63) is 64.8 Å². The Morgan fingerprint density at radius 3 is 2.62 bits per heavy atom. The van der Waals surface area contributed by atoms with Gasteiger partial charge in [-0.05, 0) is 19.1 Å². The molecule has 1 aromatic heterocycles. The van der Waals surface area contributed by atoms with E-state index in [1.165, 1.54) is 11.6 Å². The second-order valence-electron chi connectivity index (χ2n) is 5.37. The maximum absolute atomic E-state index is 13.7. The van der Waals surface area contributed by atoms with Gasteiger partial charge in [0.25, 0.3) is 11.8 Å². The number of rotatable bonds is 5. The fourth-order valence-corrected chi connectivity index (χ4v) is 2.27. The molecule has 0 spiro atoms. The number of nitrogens with one attached hydrogen (secondary N) is 2. The Balaban J connectivity index is 1.66. The minimum atomic E-state index is -1.02. The maximum atomic E-state index is 13.7. The average Bonchev–Trinajstić information content (AvgIpc) is 3.21. The Labute approximate surface area is 145 Å². The van der Waals surface area contributed by atoms with Gasteiger partial charge in [0.05, 0.1) is 6.54 Å². The summed E-state index contributed by atoms with van der Waals surface area (Å²) in [4.78, 5) is 24.4. The van der Waals surface area contributed by atoms with Gasteiger partial charge < -0.3 is 15.2 Å². The third-order valence-electron chi connectivity index (χ3n) is 3.46. The number of benzene rings is 1. The summed E-state index contributed by atoms with van der Waals surface area (Å²) in [6, 6.07) is 4.74. The van der Waals surface area contributed by atoms with Gasteiger partial charge in [0.15, 0.2) is 0 Å². The first-order valence-electron chi connectivity index (χ1n) is 7.53. The zero-order valence-corrected chi connectivity index (χ0v) is 13.5. The van der Waals surface area contributed by atoms with Crippen molar-refractivity contribution in [3.8, 4) is 0 Å². The Kier molecular flexibility index (Phi) is 4.85. The first-order valence-corrected chi connectivity index (χ1v) is 7.53. The van der Waals surface area contributed by atoms with E-state index in [-0.39, 0.29) is 18.0 Å². The molecule has 0 saturated heterocycles. The highest BCUT2D eigenvalue weighted by Gasteiger charge is 2.27. The molecule has 134 valence electrons. The Morgan fingerprint density at radius 1 is 1.23 bits per heavy atom. The van der Waals surface area contributed by atoms with Crippen molar-refractivity contribution in [2.45, 2.75) is 13.5 Å². The third kappa shape index (κ3) is 3.64. The van der Waals surface area contributed by atoms with Gasteiger partial charge in [0, 0.05) is 6.07 Å². The molecule has 1 aliphatic heterocycles. The smallest absolute Gasteiger partial charge is 0.278 e. The normalized spacial score (nSPS) is 13.2. The van der Waals surface area contributed by atoms with Crippen LogP contribution < -0.4 is 16.1 Å². The molecule has 8 nitrogen and oxygen atoms in total. The summed E-state index contributed by atoms with van der Waals surface area (Å²) in [5, 5.41) is 12.5. The number of halogens is 2. The average molecular weight is 362 g/mol. The van der Waals surface area contributed by atoms with Crippen molar-refractivity contribution in [1.29, 1.82) is 0 Å². The molecule has 0 unspecified atom stereocenters. The van der Waals surface area contributed by atoms with Gasteiger partial charge in [-0.2, -0.15) is 5.43 Å². The maximum Gasteiger partial charge on any atom is 0.278 e. The van der Waals surface area contributed by atoms with Gasteiger partial charge in [-0.1, -0.05) is 16.3 Å². The highest BCUT2D eigenvalue weighted by Crippen LogP contribution is 2.12. The molecule has 4 N–H and O–H groups in total. The van der Waals surface area contributed by atoms with E-state index in [9.17, 15) is 18.4 Å². The molecule has 2 heterocycles. The molecule has 10 heteroatoms.